The first-order valence-electron chi connectivity index (χ1n) is 5.05. The molecule has 1 unspecified atom stereocenters. The SMILES string of the molecule is CC.NC(C=O)C1CCCCC1. The number of carbonyl (C=O) groups is 1. The molecule has 72 valence electrons. The van der Waals surface area contributed by atoms with E-state index in [2.05, 4.69) is 0 Å². The number of hydrogen-bond donors (Lipinski definition) is 1. The van der Waals surface area contributed by atoms with E-state index < -0.39 is 0 Å². The van der Waals surface area contributed by atoms with Gasteiger partial charge in [-0.15, -0.1) is 0 Å². The van der Waals surface area contributed by atoms with Crippen LogP contribution in [0.1, 0.15) is 46.0 Å². The van der Waals surface area contributed by atoms with Crippen LogP contribution in [0.15, 0.2) is 0 Å². The van der Waals surface area contributed by atoms with Crippen LogP contribution in [0.5, 0.6) is 0 Å². The molecular weight excluding hydrogens is 150 g/mol. The van der Waals surface area contributed by atoms with Crippen LogP contribution < -0.4 is 5.73 Å². The lowest BCUT2D eigenvalue weighted by molar-refractivity contribution is -0.110. The van der Waals surface area contributed by atoms with Gasteiger partial charge in [0.2, 0.25) is 0 Å². The van der Waals surface area contributed by atoms with Crippen molar-refractivity contribution in [3.63, 3.8) is 0 Å². The van der Waals surface area contributed by atoms with Crippen LogP contribution in [-0.2, 0) is 4.79 Å². The monoisotopic (exact) mass is 171 g/mol. The van der Waals surface area contributed by atoms with E-state index in [1.54, 1.807) is 0 Å². The van der Waals surface area contributed by atoms with Gasteiger partial charge in [0.1, 0.15) is 6.29 Å². The highest BCUT2D eigenvalue weighted by Crippen LogP contribution is 2.24. The van der Waals surface area contributed by atoms with Crippen LogP contribution in [0.2, 0.25) is 0 Å². The van der Waals surface area contributed by atoms with Crippen molar-refractivity contribution < 1.29 is 4.79 Å². The molecule has 1 atom stereocenters. The fraction of sp³-hybridized carbons (Fsp3) is 0.900. The van der Waals surface area contributed by atoms with Crippen LogP contribution >= 0.6 is 0 Å². The Labute approximate surface area is 75.5 Å². The molecule has 0 amide bonds. The van der Waals surface area contributed by atoms with E-state index >= 15 is 0 Å². The van der Waals surface area contributed by atoms with Gasteiger partial charge >= 0.3 is 0 Å². The molecule has 0 radical (unpaired) electrons. The summed E-state index contributed by atoms with van der Waals surface area (Å²) in [5.41, 5.74) is 5.58. The average molecular weight is 171 g/mol. The number of hydrogen-bond acceptors (Lipinski definition) is 2. The Balaban J connectivity index is 0.000000561. The molecule has 0 aromatic rings. The molecule has 1 rings (SSSR count). The van der Waals surface area contributed by atoms with Gasteiger partial charge < -0.3 is 10.5 Å². The summed E-state index contributed by atoms with van der Waals surface area (Å²) in [4.78, 5) is 10.3. The number of rotatable bonds is 2. The van der Waals surface area contributed by atoms with Crippen molar-refractivity contribution >= 4 is 6.29 Å². The molecular formula is C10H21NO. The first kappa shape index (κ1) is 11.6. The van der Waals surface area contributed by atoms with E-state index in [9.17, 15) is 4.79 Å². The molecule has 1 saturated carbocycles. The lowest BCUT2D eigenvalue weighted by Crippen LogP contribution is -2.32. The van der Waals surface area contributed by atoms with Gasteiger partial charge in [0.25, 0.3) is 0 Å². The summed E-state index contributed by atoms with van der Waals surface area (Å²) < 4.78 is 0. The Kier molecular flexibility index (Phi) is 7.06. The second-order valence-corrected chi connectivity index (χ2v) is 3.11. The zero-order valence-electron chi connectivity index (χ0n) is 8.25. The lowest BCUT2D eigenvalue weighted by atomic mass is 9.85. The van der Waals surface area contributed by atoms with Crippen molar-refractivity contribution in [1.82, 2.24) is 0 Å². The molecule has 0 saturated heterocycles. The molecule has 12 heavy (non-hydrogen) atoms. The highest BCUT2D eigenvalue weighted by molar-refractivity contribution is 5.57. The van der Waals surface area contributed by atoms with Crippen molar-refractivity contribution in [1.29, 1.82) is 0 Å². The Morgan fingerprint density at radius 2 is 1.75 bits per heavy atom. The van der Waals surface area contributed by atoms with E-state index in [0.717, 1.165) is 19.1 Å². The van der Waals surface area contributed by atoms with Crippen LogP contribution in [0, 0.1) is 5.92 Å². The Bertz CT molecular complexity index is 108. The summed E-state index contributed by atoms with van der Waals surface area (Å²) in [6.45, 7) is 4.00. The molecule has 0 heterocycles. The highest BCUT2D eigenvalue weighted by Gasteiger charge is 2.19. The summed E-state index contributed by atoms with van der Waals surface area (Å²) in [6.07, 6.45) is 7.02. The second-order valence-electron chi connectivity index (χ2n) is 3.11. The minimum absolute atomic E-state index is 0.194. The van der Waals surface area contributed by atoms with Gasteiger partial charge in [0.15, 0.2) is 0 Å². The van der Waals surface area contributed by atoms with E-state index in [0.29, 0.717) is 5.92 Å². The molecule has 1 fully saturated rings. The predicted molar refractivity (Wildman–Crippen MR) is 52.0 cm³/mol. The van der Waals surface area contributed by atoms with Crippen molar-refractivity contribution in [2.45, 2.75) is 52.0 Å². The smallest absolute Gasteiger partial charge is 0.136 e. The van der Waals surface area contributed by atoms with Crippen molar-refractivity contribution in [3.8, 4) is 0 Å². The molecule has 1 aliphatic carbocycles. The Morgan fingerprint density at radius 3 is 2.17 bits per heavy atom. The quantitative estimate of drug-likeness (QED) is 0.647. The molecule has 2 nitrogen and oxygen atoms in total. The fourth-order valence-corrected chi connectivity index (χ4v) is 1.63. The van der Waals surface area contributed by atoms with Crippen LogP contribution in [0.4, 0.5) is 0 Å². The first-order valence-corrected chi connectivity index (χ1v) is 5.05. The van der Waals surface area contributed by atoms with Gasteiger partial charge in [0.05, 0.1) is 6.04 Å². The van der Waals surface area contributed by atoms with Crippen molar-refractivity contribution in [2.75, 3.05) is 0 Å². The standard InChI is InChI=1S/C8H15NO.C2H6/c9-8(6-10)7-4-2-1-3-5-7;1-2/h6-8H,1-5,9H2;1-2H3. The van der Waals surface area contributed by atoms with E-state index in [1.807, 2.05) is 13.8 Å². The van der Waals surface area contributed by atoms with E-state index in [1.165, 1.54) is 19.3 Å². The largest absolute Gasteiger partial charge is 0.322 e. The molecule has 2 heteroatoms. The predicted octanol–water partition coefficient (Wildman–Crippen LogP) is 2.12. The molecule has 0 bridgehead atoms. The first-order chi connectivity index (χ1) is 5.84. The minimum atomic E-state index is -0.194. The maximum absolute atomic E-state index is 10.3. The zero-order valence-corrected chi connectivity index (χ0v) is 8.25. The third-order valence-electron chi connectivity index (χ3n) is 2.35. The van der Waals surface area contributed by atoms with Crippen molar-refractivity contribution in [2.24, 2.45) is 11.7 Å². The molecule has 0 aromatic carbocycles. The summed E-state index contributed by atoms with van der Waals surface area (Å²) in [7, 11) is 0. The van der Waals surface area contributed by atoms with E-state index in [-0.39, 0.29) is 6.04 Å². The number of nitrogens with two attached hydrogens (primary N) is 1. The highest BCUT2D eigenvalue weighted by atomic mass is 16.1. The summed E-state index contributed by atoms with van der Waals surface area (Å²) >= 11 is 0. The number of carbonyl (C=O) groups excluding carboxylic acids is 1. The van der Waals surface area contributed by atoms with Gasteiger partial charge in [-0.25, -0.2) is 0 Å². The lowest BCUT2D eigenvalue weighted by Gasteiger charge is -2.23. The maximum atomic E-state index is 10.3. The van der Waals surface area contributed by atoms with Crippen LogP contribution in [0.3, 0.4) is 0 Å². The van der Waals surface area contributed by atoms with E-state index in [4.69, 9.17) is 5.73 Å². The van der Waals surface area contributed by atoms with Gasteiger partial charge in [-0.3, -0.25) is 0 Å². The fourth-order valence-electron chi connectivity index (χ4n) is 1.63. The second kappa shape index (κ2) is 7.29. The third-order valence-corrected chi connectivity index (χ3v) is 2.35. The Hall–Kier alpha value is -0.370. The van der Waals surface area contributed by atoms with Gasteiger partial charge in [-0.2, -0.15) is 0 Å². The Morgan fingerprint density at radius 1 is 1.25 bits per heavy atom. The molecule has 0 aromatic heterocycles. The maximum Gasteiger partial charge on any atom is 0.136 e. The normalized spacial score (nSPS) is 20.6. The third kappa shape index (κ3) is 3.86. The van der Waals surface area contributed by atoms with Crippen LogP contribution in [0.25, 0.3) is 0 Å². The van der Waals surface area contributed by atoms with Gasteiger partial charge in [0, 0.05) is 0 Å². The molecule has 1 aliphatic rings. The average Bonchev–Trinajstić information content (AvgIpc) is 2.21. The summed E-state index contributed by atoms with van der Waals surface area (Å²) in [5.74, 6) is 0.478. The zero-order chi connectivity index (χ0) is 9.40. The molecule has 2 N–H and O–H groups in total. The van der Waals surface area contributed by atoms with Gasteiger partial charge in [-0.1, -0.05) is 33.1 Å². The topological polar surface area (TPSA) is 43.1 Å². The van der Waals surface area contributed by atoms with Gasteiger partial charge in [-0.05, 0) is 18.8 Å². The molecule has 0 spiro atoms. The summed E-state index contributed by atoms with van der Waals surface area (Å²) in [5, 5.41) is 0. The molecule has 0 aliphatic heterocycles. The minimum Gasteiger partial charge on any atom is -0.322 e. The van der Waals surface area contributed by atoms with Crippen molar-refractivity contribution in [3.05, 3.63) is 0 Å². The number of aldehydes is 1. The summed E-state index contributed by atoms with van der Waals surface area (Å²) in [6, 6.07) is -0.194. The van der Waals surface area contributed by atoms with Crippen LogP contribution in [-0.4, -0.2) is 12.3 Å².